The summed E-state index contributed by atoms with van der Waals surface area (Å²) < 4.78 is 5.99. The highest BCUT2D eigenvalue weighted by atomic mass is 35.5. The molecule has 0 spiro atoms. The summed E-state index contributed by atoms with van der Waals surface area (Å²) in [4.78, 5) is 35.2. The molecule has 0 atom stereocenters. The fraction of sp³-hybridized carbons (Fsp3) is 0.480. The molecule has 2 heterocycles. The first-order chi connectivity index (χ1) is 16.2. The van der Waals surface area contributed by atoms with E-state index in [0.29, 0.717) is 17.5 Å². The number of carboxylic acids is 2. The lowest BCUT2D eigenvalue weighted by Crippen LogP contribution is -2.35. The van der Waals surface area contributed by atoms with Gasteiger partial charge in [-0.05, 0) is 68.3 Å². The van der Waals surface area contributed by atoms with Crippen molar-refractivity contribution in [3.05, 3.63) is 63.0 Å². The van der Waals surface area contributed by atoms with Crippen LogP contribution in [0.1, 0.15) is 44.2 Å². The number of aromatic nitrogens is 1. The van der Waals surface area contributed by atoms with Gasteiger partial charge in [-0.15, -0.1) is 0 Å². The number of para-hydroxylation sites is 1. The van der Waals surface area contributed by atoms with Crippen LogP contribution in [0.2, 0.25) is 5.02 Å². The van der Waals surface area contributed by atoms with E-state index < -0.39 is 11.9 Å². The monoisotopic (exact) mass is 492 g/mol. The fourth-order valence-electron chi connectivity index (χ4n) is 3.76. The van der Waals surface area contributed by atoms with Gasteiger partial charge < -0.3 is 19.9 Å². The minimum Gasteiger partial charge on any atom is -0.493 e. The molecule has 1 aliphatic rings. The summed E-state index contributed by atoms with van der Waals surface area (Å²) in [5, 5.41) is 15.4. The molecule has 186 valence electrons. The van der Waals surface area contributed by atoms with Crippen LogP contribution in [0.4, 0.5) is 0 Å². The second kappa shape index (κ2) is 13.8. The first-order valence-corrected chi connectivity index (χ1v) is 11.8. The van der Waals surface area contributed by atoms with Crippen molar-refractivity contribution in [3.8, 4) is 5.75 Å². The first kappa shape index (κ1) is 27.4. The number of carboxylic acid groups (broad SMARTS) is 2. The van der Waals surface area contributed by atoms with Crippen molar-refractivity contribution in [2.75, 3.05) is 19.7 Å². The number of piperidine rings is 1. The van der Waals surface area contributed by atoms with E-state index >= 15 is 0 Å². The Labute approximate surface area is 204 Å². The molecule has 0 bridgehead atoms. The van der Waals surface area contributed by atoms with Crippen molar-refractivity contribution in [2.45, 2.75) is 46.1 Å². The van der Waals surface area contributed by atoms with E-state index in [1.807, 2.05) is 0 Å². The number of hydrogen-bond acceptors (Lipinski definition) is 5. The first-order valence-electron chi connectivity index (χ1n) is 11.4. The average molecular weight is 493 g/mol. The van der Waals surface area contributed by atoms with Gasteiger partial charge in [0.05, 0.1) is 11.6 Å². The highest BCUT2D eigenvalue weighted by Crippen LogP contribution is 2.27. The zero-order chi connectivity index (χ0) is 25.1. The molecule has 0 amide bonds. The van der Waals surface area contributed by atoms with Gasteiger partial charge in [0.2, 0.25) is 0 Å². The summed E-state index contributed by atoms with van der Waals surface area (Å²) in [6, 6.07) is 10.2. The van der Waals surface area contributed by atoms with Crippen molar-refractivity contribution in [1.82, 2.24) is 9.88 Å². The molecule has 0 saturated carbocycles. The predicted octanol–water partition coefficient (Wildman–Crippen LogP) is 4.06. The summed E-state index contributed by atoms with van der Waals surface area (Å²) >= 11 is 6.01. The summed E-state index contributed by atoms with van der Waals surface area (Å²) in [7, 11) is 0. The van der Waals surface area contributed by atoms with Gasteiger partial charge in [-0.2, -0.15) is 0 Å². The van der Waals surface area contributed by atoms with Gasteiger partial charge in [-0.3, -0.25) is 9.69 Å². The Morgan fingerprint density at radius 1 is 1.15 bits per heavy atom. The van der Waals surface area contributed by atoms with E-state index in [9.17, 15) is 4.79 Å². The van der Waals surface area contributed by atoms with Crippen molar-refractivity contribution >= 4 is 23.5 Å². The standard InChI is InChI=1S/C23H31ClN2O2.C2H2O4/c1-17(2)16-28-22-6-4-3-5-19(22)8-7-18-9-11-26(12-10-18)15-20-13-21(24)14-25-23(20)27;3-1(4)2(5)6/h3-6,13-14,17-18H,7-12,15-16H2,1-2H3,(H,25,27);(H,3,4)(H,5,6). The average Bonchev–Trinajstić information content (AvgIpc) is 2.80. The maximum Gasteiger partial charge on any atom is 0.414 e. The molecule has 3 N–H and O–H groups in total. The molecule has 1 aromatic heterocycles. The van der Waals surface area contributed by atoms with Crippen LogP contribution in [0.25, 0.3) is 0 Å². The van der Waals surface area contributed by atoms with Gasteiger partial charge in [-0.1, -0.05) is 43.6 Å². The van der Waals surface area contributed by atoms with Crippen LogP contribution < -0.4 is 10.3 Å². The molecule has 3 rings (SSSR count). The lowest BCUT2D eigenvalue weighted by Gasteiger charge is -2.32. The zero-order valence-corrected chi connectivity index (χ0v) is 20.4. The number of halogens is 1. The van der Waals surface area contributed by atoms with Crippen LogP contribution in [0.15, 0.2) is 41.3 Å². The van der Waals surface area contributed by atoms with Crippen LogP contribution in [0, 0.1) is 11.8 Å². The highest BCUT2D eigenvalue weighted by Gasteiger charge is 2.20. The minimum atomic E-state index is -1.82. The van der Waals surface area contributed by atoms with E-state index in [1.54, 1.807) is 12.3 Å². The molecule has 0 radical (unpaired) electrons. The van der Waals surface area contributed by atoms with Crippen molar-refractivity contribution in [3.63, 3.8) is 0 Å². The van der Waals surface area contributed by atoms with Gasteiger partial charge in [0, 0.05) is 18.3 Å². The Morgan fingerprint density at radius 3 is 2.41 bits per heavy atom. The smallest absolute Gasteiger partial charge is 0.414 e. The number of H-pyrrole nitrogens is 1. The second-order valence-corrected chi connectivity index (χ2v) is 9.29. The van der Waals surface area contributed by atoms with E-state index in [4.69, 9.17) is 36.1 Å². The molecule has 9 heteroatoms. The Bertz CT molecular complexity index is 987. The quantitative estimate of drug-likeness (QED) is 0.475. The normalized spacial score (nSPS) is 14.4. The lowest BCUT2D eigenvalue weighted by molar-refractivity contribution is -0.159. The van der Waals surface area contributed by atoms with Gasteiger partial charge in [0.1, 0.15) is 5.75 Å². The Morgan fingerprint density at radius 2 is 1.79 bits per heavy atom. The minimum absolute atomic E-state index is 0.0375. The molecule has 1 aliphatic heterocycles. The van der Waals surface area contributed by atoms with Gasteiger partial charge in [0.25, 0.3) is 5.56 Å². The number of rotatable bonds is 8. The van der Waals surface area contributed by atoms with Gasteiger partial charge in [-0.25, -0.2) is 9.59 Å². The topological polar surface area (TPSA) is 120 Å². The number of pyridine rings is 1. The Hall–Kier alpha value is -2.84. The number of nitrogens with one attached hydrogen (secondary N) is 1. The number of nitrogens with zero attached hydrogens (tertiary/aromatic N) is 1. The highest BCUT2D eigenvalue weighted by molar-refractivity contribution is 6.30. The maximum atomic E-state index is 11.9. The Kier molecular flexibility index (Phi) is 11.1. The SMILES string of the molecule is CC(C)COc1ccccc1CCC1CCN(Cc2cc(Cl)c[nH]c2=O)CC1.O=C(O)C(=O)O. The van der Waals surface area contributed by atoms with Crippen molar-refractivity contribution in [2.24, 2.45) is 11.8 Å². The zero-order valence-electron chi connectivity index (χ0n) is 19.6. The second-order valence-electron chi connectivity index (χ2n) is 8.85. The summed E-state index contributed by atoms with van der Waals surface area (Å²) in [6.45, 7) is 7.85. The van der Waals surface area contributed by atoms with E-state index in [1.165, 1.54) is 24.8 Å². The molecule has 1 aromatic carbocycles. The van der Waals surface area contributed by atoms with Crippen LogP contribution in [0.5, 0.6) is 5.75 Å². The number of aromatic amines is 1. The van der Waals surface area contributed by atoms with E-state index in [0.717, 1.165) is 43.3 Å². The molecule has 0 unspecified atom stereocenters. The molecule has 2 aromatic rings. The third kappa shape index (κ3) is 9.57. The van der Waals surface area contributed by atoms with Crippen LogP contribution in [-0.2, 0) is 22.6 Å². The third-order valence-corrected chi connectivity index (χ3v) is 5.81. The molecular weight excluding hydrogens is 460 g/mol. The maximum absolute atomic E-state index is 11.9. The summed E-state index contributed by atoms with van der Waals surface area (Å²) in [5.74, 6) is -1.35. The summed E-state index contributed by atoms with van der Waals surface area (Å²) in [5.41, 5.74) is 2.03. The van der Waals surface area contributed by atoms with Crippen LogP contribution in [0.3, 0.4) is 0 Å². The number of hydrogen-bond donors (Lipinski definition) is 3. The molecule has 34 heavy (non-hydrogen) atoms. The largest absolute Gasteiger partial charge is 0.493 e. The van der Waals surface area contributed by atoms with Crippen LogP contribution >= 0.6 is 11.6 Å². The number of aliphatic carboxylic acids is 2. The number of aryl methyl sites for hydroxylation is 1. The van der Waals surface area contributed by atoms with Crippen molar-refractivity contribution in [1.29, 1.82) is 0 Å². The van der Waals surface area contributed by atoms with E-state index in [-0.39, 0.29) is 5.56 Å². The molecule has 8 nitrogen and oxygen atoms in total. The lowest BCUT2D eigenvalue weighted by atomic mass is 9.90. The van der Waals surface area contributed by atoms with Crippen molar-refractivity contribution < 1.29 is 24.5 Å². The summed E-state index contributed by atoms with van der Waals surface area (Å²) in [6.07, 6.45) is 6.14. The molecule has 1 fully saturated rings. The van der Waals surface area contributed by atoms with Gasteiger partial charge in [0.15, 0.2) is 0 Å². The molecule has 1 saturated heterocycles. The number of benzene rings is 1. The van der Waals surface area contributed by atoms with E-state index in [2.05, 4.69) is 48.0 Å². The number of likely N-dealkylation sites (tertiary alicyclic amines) is 1. The van der Waals surface area contributed by atoms with Crippen LogP contribution in [-0.4, -0.2) is 51.7 Å². The fourth-order valence-corrected chi connectivity index (χ4v) is 3.95. The van der Waals surface area contributed by atoms with Gasteiger partial charge >= 0.3 is 11.9 Å². The molecule has 0 aliphatic carbocycles. The predicted molar refractivity (Wildman–Crippen MR) is 130 cm³/mol. The third-order valence-electron chi connectivity index (χ3n) is 5.60. The Balaban J connectivity index is 0.000000604. The number of carbonyl (C=O) groups is 2. The number of ether oxygens (including phenoxy) is 1. The molecular formula is C25H33ClN2O6.